The molecule has 3 aromatic carbocycles. The van der Waals surface area contributed by atoms with Crippen LogP contribution in [0.4, 0.5) is 5.95 Å². The van der Waals surface area contributed by atoms with Gasteiger partial charge in [0.2, 0.25) is 5.95 Å². The third kappa shape index (κ3) is 3.81. The van der Waals surface area contributed by atoms with Crippen molar-refractivity contribution in [3.8, 4) is 22.4 Å². The molecule has 4 aromatic rings. The highest BCUT2D eigenvalue weighted by Gasteiger charge is 2.40. The number of rotatable bonds is 4. The average Bonchev–Trinajstić information content (AvgIpc) is 2.89. The number of hydrogen-bond donors (Lipinski definition) is 2. The van der Waals surface area contributed by atoms with Crippen LogP contribution in [0.15, 0.2) is 85.1 Å². The van der Waals surface area contributed by atoms with Crippen LogP contribution in [-0.4, -0.2) is 23.1 Å². The Bertz CT molecular complexity index is 1260. The predicted molar refractivity (Wildman–Crippen MR) is 134 cm³/mol. The van der Waals surface area contributed by atoms with Crippen LogP contribution in [0, 0.1) is 0 Å². The molecule has 1 fully saturated rings. The zero-order valence-electron chi connectivity index (χ0n) is 18.7. The largest absolute Gasteiger partial charge is 0.350 e. The van der Waals surface area contributed by atoms with E-state index in [-0.39, 0.29) is 5.41 Å². The van der Waals surface area contributed by atoms with Gasteiger partial charge < -0.3 is 10.6 Å². The summed E-state index contributed by atoms with van der Waals surface area (Å²) in [6.07, 6.45) is 5.41. The molecule has 2 aliphatic rings. The summed E-state index contributed by atoms with van der Waals surface area (Å²) in [6.45, 7) is 2.85. The van der Waals surface area contributed by atoms with Gasteiger partial charge in [0.15, 0.2) is 0 Å². The molecule has 0 saturated carbocycles. The molecule has 0 amide bonds. The van der Waals surface area contributed by atoms with Crippen molar-refractivity contribution in [1.29, 1.82) is 0 Å². The normalized spacial score (nSPS) is 16.1. The van der Waals surface area contributed by atoms with Crippen LogP contribution in [-0.2, 0) is 18.4 Å². The van der Waals surface area contributed by atoms with Gasteiger partial charge in [-0.15, -0.1) is 0 Å². The summed E-state index contributed by atoms with van der Waals surface area (Å²) in [5.41, 5.74) is 8.99. The lowest BCUT2D eigenvalue weighted by Gasteiger charge is -2.42. The van der Waals surface area contributed by atoms with Gasteiger partial charge in [0, 0.05) is 23.7 Å². The van der Waals surface area contributed by atoms with Crippen LogP contribution in [0.3, 0.4) is 0 Å². The molecule has 2 heterocycles. The summed E-state index contributed by atoms with van der Waals surface area (Å²) in [5.74, 6) is 0.692. The Labute approximate surface area is 195 Å². The number of benzene rings is 3. The Hall–Kier alpha value is -3.50. The molecular weight excluding hydrogens is 404 g/mol. The van der Waals surface area contributed by atoms with Crippen molar-refractivity contribution < 1.29 is 0 Å². The summed E-state index contributed by atoms with van der Waals surface area (Å²) < 4.78 is 0. The number of nitrogens with zero attached hydrogens (tertiary/aromatic N) is 2. The zero-order valence-corrected chi connectivity index (χ0v) is 18.7. The second-order valence-corrected chi connectivity index (χ2v) is 9.24. The van der Waals surface area contributed by atoms with Crippen molar-refractivity contribution in [2.24, 2.45) is 0 Å². The lowest BCUT2D eigenvalue weighted by Crippen LogP contribution is -2.43. The number of nitrogens with one attached hydrogen (secondary N) is 2. The monoisotopic (exact) mass is 432 g/mol. The van der Waals surface area contributed by atoms with Crippen LogP contribution < -0.4 is 10.6 Å². The van der Waals surface area contributed by atoms with Gasteiger partial charge in [-0.05, 0) is 60.2 Å². The highest BCUT2D eigenvalue weighted by Crippen LogP contribution is 2.46. The molecule has 4 heteroatoms. The van der Waals surface area contributed by atoms with Crippen molar-refractivity contribution in [1.82, 2.24) is 15.3 Å². The summed E-state index contributed by atoms with van der Waals surface area (Å²) in [7, 11) is 0. The number of anilines is 1. The molecule has 1 aliphatic carbocycles. The third-order valence-electron chi connectivity index (χ3n) is 7.22. The SMILES string of the molecule is c1ccc(-c2ccc(CNc3ncc4c(n3)-c3ccccc3C3(CCNCC3)C4)cc2)cc1. The van der Waals surface area contributed by atoms with E-state index in [0.717, 1.165) is 25.2 Å². The first kappa shape index (κ1) is 20.1. The smallest absolute Gasteiger partial charge is 0.223 e. The van der Waals surface area contributed by atoms with Gasteiger partial charge >= 0.3 is 0 Å². The third-order valence-corrected chi connectivity index (χ3v) is 7.22. The van der Waals surface area contributed by atoms with E-state index in [9.17, 15) is 0 Å². The molecule has 164 valence electrons. The Kier molecular flexibility index (Phi) is 5.16. The Morgan fingerprint density at radius 1 is 0.818 bits per heavy atom. The fourth-order valence-corrected chi connectivity index (χ4v) is 5.44. The first-order valence-electron chi connectivity index (χ1n) is 11.9. The number of hydrogen-bond acceptors (Lipinski definition) is 4. The minimum Gasteiger partial charge on any atom is -0.350 e. The lowest BCUT2D eigenvalue weighted by atomic mass is 9.64. The molecule has 1 spiro atoms. The fraction of sp³-hybridized carbons (Fsp3) is 0.241. The molecule has 33 heavy (non-hydrogen) atoms. The van der Waals surface area contributed by atoms with Gasteiger partial charge in [-0.3, -0.25) is 0 Å². The summed E-state index contributed by atoms with van der Waals surface area (Å²) in [6, 6.07) is 28.0. The van der Waals surface area contributed by atoms with E-state index in [1.54, 1.807) is 0 Å². The van der Waals surface area contributed by atoms with E-state index in [2.05, 4.69) is 88.4 Å². The predicted octanol–water partition coefficient (Wildman–Crippen LogP) is 5.60. The van der Waals surface area contributed by atoms with E-state index < -0.39 is 0 Å². The molecule has 1 saturated heterocycles. The molecule has 1 aromatic heterocycles. The van der Waals surface area contributed by atoms with E-state index in [4.69, 9.17) is 4.98 Å². The lowest BCUT2D eigenvalue weighted by molar-refractivity contribution is 0.302. The topological polar surface area (TPSA) is 49.8 Å². The van der Waals surface area contributed by atoms with E-state index in [1.165, 1.54) is 46.2 Å². The maximum Gasteiger partial charge on any atom is 0.223 e. The molecule has 4 nitrogen and oxygen atoms in total. The second-order valence-electron chi connectivity index (χ2n) is 9.24. The number of fused-ring (bicyclic) bond motifs is 4. The fourth-order valence-electron chi connectivity index (χ4n) is 5.44. The van der Waals surface area contributed by atoms with Crippen molar-refractivity contribution in [3.05, 3.63) is 102 Å². The van der Waals surface area contributed by atoms with Crippen LogP contribution in [0.1, 0.15) is 29.5 Å². The van der Waals surface area contributed by atoms with Gasteiger partial charge in [0.25, 0.3) is 0 Å². The van der Waals surface area contributed by atoms with Crippen LogP contribution in [0.5, 0.6) is 0 Å². The second kappa shape index (κ2) is 8.45. The highest BCUT2D eigenvalue weighted by atomic mass is 15.1. The molecule has 1 aliphatic heterocycles. The van der Waals surface area contributed by atoms with Crippen LogP contribution in [0.25, 0.3) is 22.4 Å². The molecule has 0 unspecified atom stereocenters. The Balaban J connectivity index is 1.23. The van der Waals surface area contributed by atoms with Gasteiger partial charge in [-0.1, -0.05) is 78.9 Å². The van der Waals surface area contributed by atoms with Gasteiger partial charge in [0.1, 0.15) is 0 Å². The Morgan fingerprint density at radius 3 is 2.36 bits per heavy atom. The first-order valence-corrected chi connectivity index (χ1v) is 11.9. The average molecular weight is 433 g/mol. The molecular formula is C29H28N4. The van der Waals surface area contributed by atoms with Gasteiger partial charge in [0.05, 0.1) is 5.69 Å². The molecule has 6 rings (SSSR count). The maximum absolute atomic E-state index is 4.97. The number of piperidine rings is 1. The van der Waals surface area contributed by atoms with Crippen molar-refractivity contribution in [3.63, 3.8) is 0 Å². The summed E-state index contributed by atoms with van der Waals surface area (Å²) in [4.78, 5) is 9.66. The zero-order chi connectivity index (χ0) is 22.1. The molecule has 2 N–H and O–H groups in total. The van der Waals surface area contributed by atoms with Crippen molar-refractivity contribution in [2.75, 3.05) is 18.4 Å². The van der Waals surface area contributed by atoms with Crippen LogP contribution >= 0.6 is 0 Å². The number of aromatic nitrogens is 2. The summed E-state index contributed by atoms with van der Waals surface area (Å²) in [5, 5.41) is 6.96. The minimum atomic E-state index is 0.216. The van der Waals surface area contributed by atoms with Gasteiger partial charge in [-0.2, -0.15) is 0 Å². The Morgan fingerprint density at radius 2 is 1.55 bits per heavy atom. The van der Waals surface area contributed by atoms with Crippen molar-refractivity contribution in [2.45, 2.75) is 31.2 Å². The standard InChI is InChI=1S/C29H28N4/c1-2-6-22(7-3-1)23-12-10-21(11-13-23)19-31-28-32-20-24-18-29(14-16-30-17-15-29)26-9-5-4-8-25(26)27(24)33-28/h1-13,20,30H,14-19H2,(H,31,32,33). The van der Waals surface area contributed by atoms with Crippen LogP contribution in [0.2, 0.25) is 0 Å². The maximum atomic E-state index is 4.97. The molecule has 0 radical (unpaired) electrons. The highest BCUT2D eigenvalue weighted by molar-refractivity contribution is 5.72. The van der Waals surface area contributed by atoms with E-state index in [1.807, 2.05) is 12.3 Å². The van der Waals surface area contributed by atoms with E-state index in [0.29, 0.717) is 12.5 Å². The first-order chi connectivity index (χ1) is 16.3. The minimum absolute atomic E-state index is 0.216. The summed E-state index contributed by atoms with van der Waals surface area (Å²) >= 11 is 0. The molecule has 0 atom stereocenters. The molecule has 0 bridgehead atoms. The van der Waals surface area contributed by atoms with Crippen molar-refractivity contribution >= 4 is 5.95 Å². The van der Waals surface area contributed by atoms with Gasteiger partial charge in [-0.25, -0.2) is 9.97 Å². The quantitative estimate of drug-likeness (QED) is 0.441. The van der Waals surface area contributed by atoms with E-state index >= 15 is 0 Å².